The first kappa shape index (κ1) is 32.8. The molecule has 15 heteroatoms. The zero-order chi connectivity index (χ0) is 33.3. The second kappa shape index (κ2) is 13.5. The Bertz CT molecular complexity index is 1660. The van der Waals surface area contributed by atoms with Gasteiger partial charge >= 0.3 is 0 Å². The van der Waals surface area contributed by atoms with E-state index in [1.807, 2.05) is 6.07 Å². The van der Waals surface area contributed by atoms with Crippen LogP contribution in [0.3, 0.4) is 0 Å². The maximum absolute atomic E-state index is 13.7. The number of carbonyl (C=O) groups is 3. The Balaban J connectivity index is 1.25. The van der Waals surface area contributed by atoms with E-state index in [1.165, 1.54) is 39.1 Å². The summed E-state index contributed by atoms with van der Waals surface area (Å²) >= 11 is 0. The van der Waals surface area contributed by atoms with Gasteiger partial charge in [-0.05, 0) is 82.7 Å². The van der Waals surface area contributed by atoms with Crippen molar-refractivity contribution in [3.8, 4) is 17.0 Å². The molecule has 3 heterocycles. The van der Waals surface area contributed by atoms with E-state index in [0.29, 0.717) is 34.4 Å². The van der Waals surface area contributed by atoms with E-state index in [-0.39, 0.29) is 40.7 Å². The molecule has 1 aromatic carbocycles. The number of methoxy groups -OCH3 is 1. The molecular weight excluding hydrogens is 593 g/mol. The van der Waals surface area contributed by atoms with E-state index in [4.69, 9.17) is 33.4 Å². The summed E-state index contributed by atoms with van der Waals surface area (Å²) in [6.45, 7) is 2.34. The summed E-state index contributed by atoms with van der Waals surface area (Å²) in [6, 6.07) is 9.25. The molecule has 3 aromatic rings. The molecule has 1 aliphatic heterocycles. The van der Waals surface area contributed by atoms with Crippen LogP contribution in [0.1, 0.15) is 72.3 Å². The predicted octanol–water partition coefficient (Wildman–Crippen LogP) is 2.66. The highest BCUT2D eigenvalue weighted by Crippen LogP contribution is 2.39. The maximum Gasteiger partial charge on any atom is 0.272 e. The number of aromatic nitrogens is 4. The molecular formula is C32H37B3N8O4. The van der Waals surface area contributed by atoms with E-state index in [2.05, 4.69) is 31.0 Å². The fourth-order valence-electron chi connectivity index (χ4n) is 6.60. The number of aryl methyl sites for hydroxylation is 1. The lowest BCUT2D eigenvalue weighted by molar-refractivity contribution is -0.117. The second-order valence-electron chi connectivity index (χ2n) is 12.8. The second-order valence-corrected chi connectivity index (χ2v) is 12.8. The van der Waals surface area contributed by atoms with Crippen LogP contribution in [-0.4, -0.2) is 97.5 Å². The number of Topliss-reactive ketones (excluding diaryl/α,β-unsaturated/α-hetero) is 1. The molecule has 2 saturated carbocycles. The molecule has 47 heavy (non-hydrogen) atoms. The smallest absolute Gasteiger partial charge is 0.272 e. The number of nitrogens with one attached hydrogen (secondary N) is 3. The van der Waals surface area contributed by atoms with Crippen molar-refractivity contribution in [3.05, 3.63) is 41.7 Å². The number of anilines is 3. The van der Waals surface area contributed by atoms with E-state index < -0.39 is 11.1 Å². The number of ketones is 1. The molecule has 2 amide bonds. The Hall–Kier alpha value is -4.13. The van der Waals surface area contributed by atoms with Gasteiger partial charge in [0, 0.05) is 36.6 Å². The fourth-order valence-corrected chi connectivity index (χ4v) is 6.60. The van der Waals surface area contributed by atoms with Crippen LogP contribution in [0.4, 0.5) is 17.2 Å². The highest BCUT2D eigenvalue weighted by Gasteiger charge is 2.33. The van der Waals surface area contributed by atoms with Crippen molar-refractivity contribution in [1.82, 2.24) is 30.2 Å². The predicted molar refractivity (Wildman–Crippen MR) is 180 cm³/mol. The number of nitrogens with zero attached hydrogens (tertiary/aromatic N) is 5. The minimum atomic E-state index is -2.01. The molecule has 238 valence electrons. The number of hydrogen-bond donors (Lipinski definition) is 3. The largest absolute Gasteiger partial charge is 0.494 e. The Morgan fingerprint density at radius 3 is 2.30 bits per heavy atom. The Labute approximate surface area is 278 Å². The topological polar surface area (TPSA) is 143 Å². The van der Waals surface area contributed by atoms with Gasteiger partial charge in [0.25, 0.3) is 5.91 Å². The van der Waals surface area contributed by atoms with E-state index >= 15 is 0 Å². The number of amides is 2. The first-order valence-electron chi connectivity index (χ1n) is 16.1. The van der Waals surface area contributed by atoms with Gasteiger partial charge in [-0.1, -0.05) is 11.3 Å². The highest BCUT2D eigenvalue weighted by molar-refractivity contribution is 6.60. The monoisotopic (exact) mass is 630 g/mol. The number of para-hydroxylation sites is 1. The van der Waals surface area contributed by atoms with Crippen LogP contribution >= 0.6 is 0 Å². The number of hydrogen-bond acceptors (Lipinski definition) is 9. The molecule has 0 bridgehead atoms. The molecule has 3 N–H and O–H groups in total. The van der Waals surface area contributed by atoms with Crippen LogP contribution in [0, 0.1) is 11.8 Å². The molecule has 2 aromatic heterocycles. The SMILES string of the molecule is [B]C([B])([B])NC(=O)c1nnc(NC(=O)C2CC2)cc1Nc1cccc(-c2cc(C(=O)C3CCC(N4CCCC4)CC3)n(C)n2)c1OC. The van der Waals surface area contributed by atoms with Crippen molar-refractivity contribution in [2.24, 2.45) is 18.9 Å². The Kier molecular flexibility index (Phi) is 9.45. The molecule has 0 unspecified atom stereocenters. The molecule has 12 nitrogen and oxygen atoms in total. The minimum Gasteiger partial charge on any atom is -0.494 e. The van der Waals surface area contributed by atoms with Gasteiger partial charge in [0.2, 0.25) is 5.91 Å². The Morgan fingerprint density at radius 2 is 1.64 bits per heavy atom. The zero-order valence-electron chi connectivity index (χ0n) is 26.8. The lowest BCUT2D eigenvalue weighted by Gasteiger charge is -2.33. The maximum atomic E-state index is 13.7. The average Bonchev–Trinajstić information content (AvgIpc) is 3.61. The minimum absolute atomic E-state index is 0.0281. The summed E-state index contributed by atoms with van der Waals surface area (Å²) in [4.78, 5) is 41.7. The lowest BCUT2D eigenvalue weighted by Crippen LogP contribution is -2.50. The summed E-state index contributed by atoms with van der Waals surface area (Å²) in [5, 5.41) is 18.9. The summed E-state index contributed by atoms with van der Waals surface area (Å²) in [5.41, 5.74) is 2.22. The number of likely N-dealkylation sites (tertiary alicyclic amines) is 1. The number of ether oxygens (including phenoxy) is 1. The normalized spacial score (nSPS) is 20.0. The van der Waals surface area contributed by atoms with Crippen LogP contribution in [0.5, 0.6) is 5.75 Å². The van der Waals surface area contributed by atoms with Gasteiger partial charge in [-0.3, -0.25) is 19.1 Å². The van der Waals surface area contributed by atoms with Crippen LogP contribution in [0.15, 0.2) is 30.3 Å². The van der Waals surface area contributed by atoms with Gasteiger partial charge in [0.05, 0.1) is 47.7 Å². The molecule has 3 aliphatic rings. The number of carbonyl (C=O) groups excluding carboxylic acids is 3. The summed E-state index contributed by atoms with van der Waals surface area (Å²) < 4.78 is 7.47. The van der Waals surface area contributed by atoms with Crippen molar-refractivity contribution in [3.63, 3.8) is 0 Å². The van der Waals surface area contributed by atoms with Crippen LogP contribution in [0.2, 0.25) is 0 Å². The van der Waals surface area contributed by atoms with E-state index in [1.54, 1.807) is 29.9 Å². The van der Waals surface area contributed by atoms with Crippen molar-refractivity contribution in [1.29, 1.82) is 0 Å². The molecule has 0 atom stereocenters. The molecule has 6 rings (SSSR count). The third-order valence-electron chi connectivity index (χ3n) is 9.16. The van der Waals surface area contributed by atoms with Crippen molar-refractivity contribution >= 4 is 58.3 Å². The van der Waals surface area contributed by atoms with Crippen LogP contribution in [0.25, 0.3) is 11.3 Å². The van der Waals surface area contributed by atoms with Gasteiger partial charge in [0.1, 0.15) is 5.69 Å². The van der Waals surface area contributed by atoms with Crippen LogP contribution < -0.4 is 20.7 Å². The molecule has 6 radical (unpaired) electrons. The zero-order valence-corrected chi connectivity index (χ0v) is 26.8. The molecule has 1 saturated heterocycles. The van der Waals surface area contributed by atoms with Crippen LogP contribution in [-0.2, 0) is 11.8 Å². The standard InChI is InChI=1S/C32H37B3N8O4/c1-42-25(28(44)18-10-12-20(13-11-18)43-14-3-4-15-43)16-23(41-42)21-6-5-7-22(29(21)47-2)36-24-17-26(37-30(45)19-8-9-19)39-40-27(24)31(46)38-32(33,34)35/h5-7,16-20H,3-4,8-15H2,1-2H3,(H,38,46)(H2,36,37,39,45). The third kappa shape index (κ3) is 7.56. The summed E-state index contributed by atoms with van der Waals surface area (Å²) in [7, 11) is 20.1. The van der Waals surface area contributed by atoms with Crippen molar-refractivity contribution < 1.29 is 19.1 Å². The lowest BCUT2D eigenvalue weighted by atomic mass is 9.49. The summed E-state index contributed by atoms with van der Waals surface area (Å²) in [5.74, 6) is -0.391. The van der Waals surface area contributed by atoms with Gasteiger partial charge < -0.3 is 25.6 Å². The van der Waals surface area contributed by atoms with Gasteiger partial charge in [-0.15, -0.1) is 10.2 Å². The third-order valence-corrected chi connectivity index (χ3v) is 9.16. The molecule has 3 fully saturated rings. The van der Waals surface area contributed by atoms with Gasteiger partial charge in [-0.25, -0.2) is 0 Å². The average molecular weight is 630 g/mol. The van der Waals surface area contributed by atoms with E-state index in [9.17, 15) is 14.4 Å². The van der Waals surface area contributed by atoms with Crippen molar-refractivity contribution in [2.75, 3.05) is 30.8 Å². The Morgan fingerprint density at radius 1 is 0.936 bits per heavy atom. The van der Waals surface area contributed by atoms with Gasteiger partial charge in [0.15, 0.2) is 23.0 Å². The first-order chi connectivity index (χ1) is 22.5. The highest BCUT2D eigenvalue weighted by atomic mass is 16.5. The fraction of sp³-hybridized carbons (Fsp3) is 0.500. The van der Waals surface area contributed by atoms with Crippen molar-refractivity contribution in [2.45, 2.75) is 62.6 Å². The summed E-state index contributed by atoms with van der Waals surface area (Å²) in [6.07, 6.45) is 7.99. The molecule has 0 spiro atoms. The van der Waals surface area contributed by atoms with Gasteiger partial charge in [-0.2, -0.15) is 5.10 Å². The number of benzene rings is 1. The molecule has 2 aliphatic carbocycles. The van der Waals surface area contributed by atoms with E-state index in [0.717, 1.165) is 38.5 Å². The first-order valence-corrected chi connectivity index (χ1v) is 16.1. The quantitative estimate of drug-likeness (QED) is 0.215. The number of rotatable bonds is 11.